The van der Waals surface area contributed by atoms with Gasteiger partial charge in [0.1, 0.15) is 0 Å². The maximum absolute atomic E-state index is 13.2. The Kier molecular flexibility index (Phi) is 4.49. The van der Waals surface area contributed by atoms with Crippen LogP contribution >= 0.6 is 0 Å². The Balaban J connectivity index is 2.37. The van der Waals surface area contributed by atoms with Crippen LogP contribution in [0, 0.1) is 10.1 Å². The highest BCUT2D eigenvalue weighted by molar-refractivity contribution is 5.59. The molecule has 0 radical (unpaired) electrons. The van der Waals surface area contributed by atoms with Crippen molar-refractivity contribution < 1.29 is 13.7 Å². The zero-order valence-electron chi connectivity index (χ0n) is 11.2. The van der Waals surface area contributed by atoms with E-state index in [1.54, 1.807) is 0 Å². The van der Waals surface area contributed by atoms with Gasteiger partial charge < -0.3 is 10.2 Å². The second kappa shape index (κ2) is 6.13. The van der Waals surface area contributed by atoms with Gasteiger partial charge in [-0.3, -0.25) is 10.1 Å². The van der Waals surface area contributed by atoms with E-state index in [9.17, 15) is 18.9 Å². The van der Waals surface area contributed by atoms with Crippen molar-refractivity contribution in [2.24, 2.45) is 0 Å². The Labute approximate surface area is 115 Å². The third-order valence-corrected chi connectivity index (χ3v) is 3.58. The van der Waals surface area contributed by atoms with Gasteiger partial charge in [0.25, 0.3) is 12.1 Å². The molecule has 1 atom stereocenters. The number of nitro groups is 1. The number of hydrogen-bond acceptors (Lipinski definition) is 4. The first-order valence-electron chi connectivity index (χ1n) is 6.52. The average Bonchev–Trinajstić information content (AvgIpc) is 2.86. The molecule has 1 aromatic rings. The lowest BCUT2D eigenvalue weighted by Crippen LogP contribution is -2.37. The Morgan fingerprint density at radius 3 is 2.90 bits per heavy atom. The van der Waals surface area contributed by atoms with Gasteiger partial charge in [-0.05, 0) is 26.0 Å². The number of nitrogens with zero attached hydrogens (tertiary/aromatic N) is 2. The summed E-state index contributed by atoms with van der Waals surface area (Å²) in [6.07, 6.45) is -0.854. The summed E-state index contributed by atoms with van der Waals surface area (Å²) < 4.78 is 26.3. The summed E-state index contributed by atoms with van der Waals surface area (Å²) in [5.74, 6) is 0. The van der Waals surface area contributed by atoms with Crippen molar-refractivity contribution in [2.75, 3.05) is 25.0 Å². The molecular formula is C13H17F2N3O2. The SMILES string of the molecule is CNCC1CCCN1c1ccc([N+](=O)[O-])cc1C(F)F. The van der Waals surface area contributed by atoms with Crippen LogP contribution in [0.1, 0.15) is 24.8 Å². The third-order valence-electron chi connectivity index (χ3n) is 3.58. The molecule has 0 bridgehead atoms. The second-order valence-electron chi connectivity index (χ2n) is 4.85. The predicted octanol–water partition coefficient (Wildman–Crippen LogP) is 2.72. The van der Waals surface area contributed by atoms with E-state index >= 15 is 0 Å². The minimum absolute atomic E-state index is 0.152. The number of rotatable bonds is 5. The fourth-order valence-electron chi connectivity index (χ4n) is 2.69. The summed E-state index contributed by atoms with van der Waals surface area (Å²) in [5, 5.41) is 13.8. The van der Waals surface area contributed by atoms with Crippen LogP contribution in [-0.4, -0.2) is 31.1 Å². The highest BCUT2D eigenvalue weighted by Crippen LogP contribution is 2.36. The normalized spacial score (nSPS) is 18.8. The van der Waals surface area contributed by atoms with Crippen molar-refractivity contribution in [1.82, 2.24) is 5.32 Å². The molecule has 1 N–H and O–H groups in total. The lowest BCUT2D eigenvalue weighted by molar-refractivity contribution is -0.385. The number of likely N-dealkylation sites (N-methyl/N-ethyl adjacent to an activating group) is 1. The summed E-state index contributed by atoms with van der Waals surface area (Å²) >= 11 is 0. The molecule has 1 heterocycles. The molecule has 20 heavy (non-hydrogen) atoms. The second-order valence-corrected chi connectivity index (χ2v) is 4.85. The van der Waals surface area contributed by atoms with Gasteiger partial charge in [0, 0.05) is 42.5 Å². The molecule has 110 valence electrons. The Morgan fingerprint density at radius 2 is 2.30 bits per heavy atom. The zero-order chi connectivity index (χ0) is 14.7. The van der Waals surface area contributed by atoms with Gasteiger partial charge in [-0.15, -0.1) is 0 Å². The van der Waals surface area contributed by atoms with Crippen molar-refractivity contribution in [3.05, 3.63) is 33.9 Å². The van der Waals surface area contributed by atoms with Gasteiger partial charge in [0.2, 0.25) is 0 Å². The molecule has 1 aliphatic rings. The van der Waals surface area contributed by atoms with Crippen molar-refractivity contribution >= 4 is 11.4 Å². The van der Waals surface area contributed by atoms with E-state index < -0.39 is 11.3 Å². The fraction of sp³-hybridized carbons (Fsp3) is 0.538. The van der Waals surface area contributed by atoms with E-state index in [0.29, 0.717) is 18.8 Å². The first kappa shape index (κ1) is 14.6. The van der Waals surface area contributed by atoms with Crippen LogP contribution in [0.2, 0.25) is 0 Å². The third kappa shape index (κ3) is 2.87. The Morgan fingerprint density at radius 1 is 1.55 bits per heavy atom. The lowest BCUT2D eigenvalue weighted by atomic mass is 10.1. The Bertz CT molecular complexity index is 497. The van der Waals surface area contributed by atoms with Gasteiger partial charge in [0.15, 0.2) is 0 Å². The van der Waals surface area contributed by atoms with Gasteiger partial charge in [-0.2, -0.15) is 0 Å². The molecule has 0 aliphatic carbocycles. The van der Waals surface area contributed by atoms with Gasteiger partial charge >= 0.3 is 0 Å². The molecule has 2 rings (SSSR count). The van der Waals surface area contributed by atoms with Crippen LogP contribution in [0.4, 0.5) is 20.2 Å². The van der Waals surface area contributed by atoms with Crippen LogP contribution in [-0.2, 0) is 0 Å². The summed E-state index contributed by atoms with van der Waals surface area (Å²) in [4.78, 5) is 12.0. The first-order chi connectivity index (χ1) is 9.54. The van der Waals surface area contributed by atoms with Crippen molar-refractivity contribution in [3.63, 3.8) is 0 Å². The summed E-state index contributed by atoms with van der Waals surface area (Å²) in [6, 6.07) is 3.86. The molecule has 0 spiro atoms. The van der Waals surface area contributed by atoms with Crippen LogP contribution in [0.25, 0.3) is 0 Å². The first-order valence-corrected chi connectivity index (χ1v) is 6.52. The van der Waals surface area contributed by atoms with Crippen molar-refractivity contribution in [1.29, 1.82) is 0 Å². The molecule has 7 heteroatoms. The predicted molar refractivity (Wildman–Crippen MR) is 72.3 cm³/mol. The van der Waals surface area contributed by atoms with E-state index in [2.05, 4.69) is 5.32 Å². The van der Waals surface area contributed by atoms with Crippen molar-refractivity contribution in [2.45, 2.75) is 25.3 Å². The highest BCUT2D eigenvalue weighted by atomic mass is 19.3. The number of nitro benzene ring substituents is 1. The largest absolute Gasteiger partial charge is 0.367 e. The molecule has 1 fully saturated rings. The number of alkyl halides is 2. The maximum Gasteiger partial charge on any atom is 0.270 e. The minimum Gasteiger partial charge on any atom is -0.367 e. The number of halogens is 2. The summed E-state index contributed by atoms with van der Waals surface area (Å²) in [6.45, 7) is 1.41. The zero-order valence-corrected chi connectivity index (χ0v) is 11.2. The van der Waals surface area contributed by atoms with Gasteiger partial charge in [-0.25, -0.2) is 8.78 Å². The molecule has 0 amide bonds. The number of benzene rings is 1. The van der Waals surface area contributed by atoms with Crippen LogP contribution in [0.5, 0.6) is 0 Å². The molecule has 1 saturated heterocycles. The van der Waals surface area contributed by atoms with Crippen LogP contribution in [0.15, 0.2) is 18.2 Å². The molecule has 1 aliphatic heterocycles. The van der Waals surface area contributed by atoms with E-state index in [4.69, 9.17) is 0 Å². The molecule has 0 saturated carbocycles. The maximum atomic E-state index is 13.2. The van der Waals surface area contributed by atoms with Crippen LogP contribution in [0.3, 0.4) is 0 Å². The van der Waals surface area contributed by atoms with E-state index in [-0.39, 0.29) is 17.3 Å². The Hall–Kier alpha value is -1.76. The minimum atomic E-state index is -2.72. The van der Waals surface area contributed by atoms with Gasteiger partial charge in [0.05, 0.1) is 4.92 Å². The van der Waals surface area contributed by atoms with E-state index in [0.717, 1.165) is 18.9 Å². The van der Waals surface area contributed by atoms with E-state index in [1.165, 1.54) is 12.1 Å². The number of hydrogen-bond donors (Lipinski definition) is 1. The van der Waals surface area contributed by atoms with Gasteiger partial charge in [-0.1, -0.05) is 0 Å². The monoisotopic (exact) mass is 285 g/mol. The van der Waals surface area contributed by atoms with Crippen molar-refractivity contribution in [3.8, 4) is 0 Å². The number of nitrogens with one attached hydrogen (secondary N) is 1. The topological polar surface area (TPSA) is 58.4 Å². The molecular weight excluding hydrogens is 268 g/mol. The average molecular weight is 285 g/mol. The fourth-order valence-corrected chi connectivity index (χ4v) is 2.69. The summed E-state index contributed by atoms with van der Waals surface area (Å²) in [7, 11) is 1.82. The van der Waals surface area contributed by atoms with E-state index in [1.807, 2.05) is 11.9 Å². The number of anilines is 1. The standard InChI is InChI=1S/C13H17F2N3O2/c1-16-8-10-3-2-6-17(10)12-5-4-9(18(19)20)7-11(12)13(14)15/h4-5,7,10,13,16H,2-3,6,8H2,1H3. The molecule has 5 nitrogen and oxygen atoms in total. The smallest absolute Gasteiger partial charge is 0.270 e. The summed E-state index contributed by atoms with van der Waals surface area (Å²) in [5.41, 5.74) is -0.154. The number of non-ortho nitro benzene ring substituents is 1. The highest BCUT2D eigenvalue weighted by Gasteiger charge is 2.29. The molecule has 0 aromatic heterocycles. The molecule has 1 aromatic carbocycles. The quantitative estimate of drug-likeness (QED) is 0.667. The lowest BCUT2D eigenvalue weighted by Gasteiger charge is -2.28. The molecule has 1 unspecified atom stereocenters. The van der Waals surface area contributed by atoms with Crippen LogP contribution < -0.4 is 10.2 Å².